The zero-order chi connectivity index (χ0) is 20.6. The normalized spacial score (nSPS) is 19.7. The summed E-state index contributed by atoms with van der Waals surface area (Å²) >= 11 is 5.82. The molecular weight excluding hydrogens is 382 g/mol. The smallest absolute Gasteiger partial charge is 0.411 e. The fraction of sp³-hybridized carbons (Fsp3) is 0.619. The standard InChI is InChI=1S/C21H30ClNO5/c1-21(2,3)28-19(24)14-26-12-15-4-6-16(7-5-15)13-27-20(25)23-18-10-8-17(22)9-11-18/h8-11,15-16H,4-7,12-14H2,1-3H3,(H,23,25)/t15-,16-. The van der Waals surface area contributed by atoms with E-state index in [9.17, 15) is 9.59 Å². The Morgan fingerprint density at radius 2 is 1.61 bits per heavy atom. The molecule has 1 aromatic rings. The molecule has 1 saturated carbocycles. The lowest BCUT2D eigenvalue weighted by Crippen LogP contribution is -2.28. The summed E-state index contributed by atoms with van der Waals surface area (Å²) in [5, 5.41) is 3.30. The van der Waals surface area contributed by atoms with Crippen LogP contribution in [0.25, 0.3) is 0 Å². The summed E-state index contributed by atoms with van der Waals surface area (Å²) in [6.07, 6.45) is 3.51. The second-order valence-electron chi connectivity index (χ2n) is 8.22. The second kappa shape index (κ2) is 10.7. The minimum atomic E-state index is -0.488. The van der Waals surface area contributed by atoms with Crippen LogP contribution >= 0.6 is 11.6 Å². The molecular formula is C21H30ClNO5. The number of ether oxygens (including phenoxy) is 3. The molecule has 7 heteroatoms. The Balaban J connectivity index is 1.57. The summed E-state index contributed by atoms with van der Waals surface area (Å²) in [4.78, 5) is 23.5. The van der Waals surface area contributed by atoms with Crippen molar-refractivity contribution in [3.8, 4) is 0 Å². The minimum absolute atomic E-state index is 0.00875. The Hall–Kier alpha value is -1.79. The van der Waals surface area contributed by atoms with Gasteiger partial charge in [0.1, 0.15) is 12.2 Å². The van der Waals surface area contributed by atoms with Crippen LogP contribution in [0.3, 0.4) is 0 Å². The Morgan fingerprint density at radius 1 is 1.04 bits per heavy atom. The number of benzene rings is 1. The van der Waals surface area contributed by atoms with E-state index in [0.717, 1.165) is 25.7 Å². The third-order valence-electron chi connectivity index (χ3n) is 4.50. The maximum atomic E-state index is 11.9. The zero-order valence-corrected chi connectivity index (χ0v) is 17.6. The largest absolute Gasteiger partial charge is 0.458 e. The van der Waals surface area contributed by atoms with Gasteiger partial charge in [0.05, 0.1) is 13.2 Å². The van der Waals surface area contributed by atoms with Crippen molar-refractivity contribution in [2.75, 3.05) is 25.1 Å². The van der Waals surface area contributed by atoms with Gasteiger partial charge in [0, 0.05) is 10.7 Å². The molecule has 1 aromatic carbocycles. The molecule has 156 valence electrons. The van der Waals surface area contributed by atoms with Gasteiger partial charge in [0.25, 0.3) is 0 Å². The zero-order valence-electron chi connectivity index (χ0n) is 16.8. The molecule has 0 aliphatic heterocycles. The number of esters is 1. The molecule has 0 spiro atoms. The molecule has 0 aromatic heterocycles. The van der Waals surface area contributed by atoms with Crippen LogP contribution in [-0.4, -0.2) is 37.5 Å². The van der Waals surface area contributed by atoms with Gasteiger partial charge in [-0.15, -0.1) is 0 Å². The molecule has 0 unspecified atom stereocenters. The first-order valence-corrected chi connectivity index (χ1v) is 10.1. The molecule has 1 fully saturated rings. The molecule has 6 nitrogen and oxygen atoms in total. The van der Waals surface area contributed by atoms with Crippen molar-refractivity contribution < 1.29 is 23.8 Å². The van der Waals surface area contributed by atoms with Crippen LogP contribution in [0.4, 0.5) is 10.5 Å². The van der Waals surface area contributed by atoms with Gasteiger partial charge in [-0.1, -0.05) is 11.6 Å². The van der Waals surface area contributed by atoms with E-state index in [-0.39, 0.29) is 12.6 Å². The first kappa shape index (κ1) is 22.5. The van der Waals surface area contributed by atoms with Gasteiger partial charge in [0.15, 0.2) is 0 Å². The van der Waals surface area contributed by atoms with Crippen LogP contribution in [0.1, 0.15) is 46.5 Å². The molecule has 0 saturated heterocycles. The number of rotatable bonds is 7. The van der Waals surface area contributed by atoms with Gasteiger partial charge in [0.2, 0.25) is 0 Å². The van der Waals surface area contributed by atoms with E-state index >= 15 is 0 Å². The number of carbonyl (C=O) groups excluding carboxylic acids is 2. The number of halogens is 1. The summed E-state index contributed by atoms with van der Waals surface area (Å²) in [5.41, 5.74) is 0.165. The van der Waals surface area contributed by atoms with Crippen LogP contribution in [0.2, 0.25) is 5.02 Å². The second-order valence-corrected chi connectivity index (χ2v) is 8.66. The monoisotopic (exact) mass is 411 g/mol. The quantitative estimate of drug-likeness (QED) is 0.635. The molecule has 0 heterocycles. The van der Waals surface area contributed by atoms with Crippen molar-refractivity contribution in [2.24, 2.45) is 11.8 Å². The van der Waals surface area contributed by atoms with Crippen LogP contribution in [0.5, 0.6) is 0 Å². The molecule has 28 heavy (non-hydrogen) atoms. The number of hydrogen-bond donors (Lipinski definition) is 1. The summed E-state index contributed by atoms with van der Waals surface area (Å²) in [7, 11) is 0. The van der Waals surface area contributed by atoms with Crippen LogP contribution in [0, 0.1) is 11.8 Å². The highest BCUT2D eigenvalue weighted by Crippen LogP contribution is 2.29. The maximum absolute atomic E-state index is 11.9. The van der Waals surface area contributed by atoms with Crippen LogP contribution in [-0.2, 0) is 19.0 Å². The van der Waals surface area contributed by atoms with E-state index in [1.807, 2.05) is 20.8 Å². The van der Waals surface area contributed by atoms with Crippen LogP contribution in [0.15, 0.2) is 24.3 Å². The molecule has 1 aliphatic carbocycles. The maximum Gasteiger partial charge on any atom is 0.411 e. The first-order chi connectivity index (χ1) is 13.2. The number of amides is 1. The van der Waals surface area contributed by atoms with Gasteiger partial charge in [-0.25, -0.2) is 9.59 Å². The van der Waals surface area contributed by atoms with E-state index in [2.05, 4.69) is 5.32 Å². The molecule has 1 amide bonds. The summed E-state index contributed by atoms with van der Waals surface area (Å²) in [5.74, 6) is 0.459. The number of hydrogen-bond acceptors (Lipinski definition) is 5. The van der Waals surface area contributed by atoms with Crippen molar-refractivity contribution >= 4 is 29.4 Å². The lowest BCUT2D eigenvalue weighted by molar-refractivity contribution is -0.160. The Morgan fingerprint density at radius 3 is 2.18 bits per heavy atom. The predicted molar refractivity (Wildman–Crippen MR) is 109 cm³/mol. The van der Waals surface area contributed by atoms with E-state index in [1.165, 1.54) is 0 Å². The predicted octanol–water partition coefficient (Wildman–Crippen LogP) is 5.05. The Kier molecular flexibility index (Phi) is 8.58. The highest BCUT2D eigenvalue weighted by Gasteiger charge is 2.23. The van der Waals surface area contributed by atoms with Gasteiger partial charge >= 0.3 is 12.1 Å². The Labute approximate surface area is 171 Å². The highest BCUT2D eigenvalue weighted by molar-refractivity contribution is 6.30. The lowest BCUT2D eigenvalue weighted by Gasteiger charge is -2.28. The van der Waals surface area contributed by atoms with Crippen molar-refractivity contribution in [2.45, 2.75) is 52.1 Å². The van der Waals surface area contributed by atoms with Gasteiger partial charge in [-0.05, 0) is 82.6 Å². The fourth-order valence-corrected chi connectivity index (χ4v) is 3.25. The number of nitrogens with one attached hydrogen (secondary N) is 1. The summed E-state index contributed by atoms with van der Waals surface area (Å²) in [6.45, 7) is 6.47. The molecule has 0 radical (unpaired) electrons. The average molecular weight is 412 g/mol. The first-order valence-electron chi connectivity index (χ1n) is 9.70. The molecule has 1 aliphatic rings. The van der Waals surface area contributed by atoms with Crippen molar-refractivity contribution in [3.63, 3.8) is 0 Å². The Bertz CT molecular complexity index is 633. The summed E-state index contributed by atoms with van der Waals surface area (Å²) in [6, 6.07) is 6.88. The van der Waals surface area contributed by atoms with Crippen molar-refractivity contribution in [1.82, 2.24) is 0 Å². The molecule has 2 rings (SSSR count). The summed E-state index contributed by atoms with van der Waals surface area (Å²) < 4.78 is 16.1. The fourth-order valence-electron chi connectivity index (χ4n) is 3.13. The highest BCUT2D eigenvalue weighted by atomic mass is 35.5. The number of carbonyl (C=O) groups is 2. The SMILES string of the molecule is CC(C)(C)OC(=O)COC[C@H]1CC[C@H](COC(=O)Nc2ccc(Cl)cc2)CC1. The minimum Gasteiger partial charge on any atom is -0.458 e. The van der Waals surface area contributed by atoms with Crippen LogP contribution < -0.4 is 5.32 Å². The number of anilines is 1. The molecule has 0 atom stereocenters. The third kappa shape index (κ3) is 8.93. The van der Waals surface area contributed by atoms with E-state index in [0.29, 0.717) is 35.8 Å². The average Bonchev–Trinajstić information content (AvgIpc) is 2.61. The van der Waals surface area contributed by atoms with E-state index < -0.39 is 11.7 Å². The van der Waals surface area contributed by atoms with Gasteiger partial charge in [-0.2, -0.15) is 0 Å². The van der Waals surface area contributed by atoms with Crippen molar-refractivity contribution in [1.29, 1.82) is 0 Å². The van der Waals surface area contributed by atoms with Crippen molar-refractivity contribution in [3.05, 3.63) is 29.3 Å². The van der Waals surface area contributed by atoms with Gasteiger partial charge < -0.3 is 14.2 Å². The lowest BCUT2D eigenvalue weighted by atomic mass is 9.83. The third-order valence-corrected chi connectivity index (χ3v) is 4.75. The topological polar surface area (TPSA) is 73.9 Å². The molecule has 0 bridgehead atoms. The van der Waals surface area contributed by atoms with E-state index in [4.69, 9.17) is 25.8 Å². The van der Waals surface area contributed by atoms with Gasteiger partial charge in [-0.3, -0.25) is 5.32 Å². The van der Waals surface area contributed by atoms with E-state index in [1.54, 1.807) is 24.3 Å². The molecule has 1 N–H and O–H groups in total.